The van der Waals surface area contributed by atoms with Crippen LogP contribution in [0.5, 0.6) is 5.75 Å². The molecule has 1 aromatic carbocycles. The zero-order chi connectivity index (χ0) is 22.4. The Bertz CT molecular complexity index is 1130. The highest BCUT2D eigenvalue weighted by atomic mass is 32.2. The van der Waals surface area contributed by atoms with E-state index in [1.54, 1.807) is 23.5 Å². The normalized spacial score (nSPS) is 11.8. The van der Waals surface area contributed by atoms with Gasteiger partial charge in [0.15, 0.2) is 10.7 Å². The molecule has 9 heteroatoms. The molecule has 31 heavy (non-hydrogen) atoms. The Labute approximate surface area is 186 Å². The summed E-state index contributed by atoms with van der Waals surface area (Å²) in [6.07, 6.45) is 4.55. The number of benzene rings is 1. The number of nitrogens with zero attached hydrogens (tertiary/aromatic N) is 4. The average molecular weight is 443 g/mol. The molecule has 0 atom stereocenters. The fraction of sp³-hybridized carbons (Fsp3) is 0.455. The molecule has 0 amide bonds. The highest BCUT2D eigenvalue weighted by Gasteiger charge is 2.18. The minimum atomic E-state index is -0.213. The zero-order valence-electron chi connectivity index (χ0n) is 18.8. The van der Waals surface area contributed by atoms with E-state index in [9.17, 15) is 4.79 Å². The van der Waals surface area contributed by atoms with Gasteiger partial charge in [-0.15, -0.1) is 0 Å². The summed E-state index contributed by atoms with van der Waals surface area (Å²) < 4.78 is 7.57. The number of hydrogen-bond acceptors (Lipinski definition) is 6. The number of anilines is 1. The van der Waals surface area contributed by atoms with Crippen molar-refractivity contribution in [3.63, 3.8) is 0 Å². The number of fused-ring (bicyclic) bond motifs is 1. The van der Waals surface area contributed by atoms with Gasteiger partial charge < -0.3 is 15.0 Å². The second kappa shape index (κ2) is 10.5. The van der Waals surface area contributed by atoms with Gasteiger partial charge in [-0.05, 0) is 44.2 Å². The van der Waals surface area contributed by atoms with Gasteiger partial charge in [0, 0.05) is 19.3 Å². The third-order valence-corrected chi connectivity index (χ3v) is 5.31. The Morgan fingerprint density at radius 2 is 2.10 bits per heavy atom. The van der Waals surface area contributed by atoms with Gasteiger partial charge in [-0.25, -0.2) is 4.98 Å². The molecule has 2 aromatic heterocycles. The van der Waals surface area contributed by atoms with E-state index in [1.807, 2.05) is 31.4 Å². The minimum absolute atomic E-state index is 0.213. The molecule has 0 saturated carbocycles. The number of aromatic nitrogens is 4. The second-order valence-corrected chi connectivity index (χ2v) is 7.90. The highest BCUT2D eigenvalue weighted by molar-refractivity contribution is 8.13. The van der Waals surface area contributed by atoms with Gasteiger partial charge in [-0.2, -0.15) is 5.10 Å². The van der Waals surface area contributed by atoms with Crippen molar-refractivity contribution in [1.29, 1.82) is 0 Å². The van der Waals surface area contributed by atoms with Crippen LogP contribution in [0.1, 0.15) is 39.3 Å². The molecule has 0 aliphatic rings. The fourth-order valence-corrected chi connectivity index (χ4v) is 3.81. The number of nitrogens with one attached hydrogen (secondary N) is 2. The molecule has 0 aliphatic carbocycles. The summed E-state index contributed by atoms with van der Waals surface area (Å²) in [4.78, 5) is 25.1. The van der Waals surface area contributed by atoms with Crippen molar-refractivity contribution in [3.05, 3.63) is 34.2 Å². The maximum atomic E-state index is 12.9. The van der Waals surface area contributed by atoms with Crippen LogP contribution in [0, 0.1) is 0 Å². The number of amidine groups is 1. The molecule has 0 bridgehead atoms. The average Bonchev–Trinajstić information content (AvgIpc) is 3.08. The van der Waals surface area contributed by atoms with E-state index in [4.69, 9.17) is 9.72 Å². The molecule has 2 N–H and O–H groups in total. The minimum Gasteiger partial charge on any atom is -0.493 e. The van der Waals surface area contributed by atoms with Gasteiger partial charge in [0.1, 0.15) is 17.1 Å². The molecule has 0 spiro atoms. The Morgan fingerprint density at radius 3 is 2.77 bits per heavy atom. The number of rotatable bonds is 8. The van der Waals surface area contributed by atoms with E-state index < -0.39 is 0 Å². The van der Waals surface area contributed by atoms with E-state index in [2.05, 4.69) is 34.2 Å². The van der Waals surface area contributed by atoms with Crippen LogP contribution in [0.15, 0.2) is 28.0 Å². The van der Waals surface area contributed by atoms with Crippen molar-refractivity contribution in [1.82, 2.24) is 19.7 Å². The lowest BCUT2D eigenvalue weighted by atomic mass is 10.1. The van der Waals surface area contributed by atoms with Crippen LogP contribution in [0.3, 0.4) is 0 Å². The first-order valence-electron chi connectivity index (χ1n) is 10.6. The molecule has 166 valence electrons. The summed E-state index contributed by atoms with van der Waals surface area (Å²) in [6.45, 7) is 7.41. The third-order valence-electron chi connectivity index (χ3n) is 4.69. The molecule has 3 aromatic rings. The van der Waals surface area contributed by atoms with Crippen molar-refractivity contribution in [2.45, 2.75) is 40.0 Å². The van der Waals surface area contributed by atoms with Gasteiger partial charge in [0.05, 0.1) is 17.9 Å². The van der Waals surface area contributed by atoms with Crippen LogP contribution in [0.25, 0.3) is 22.4 Å². The van der Waals surface area contributed by atoms with E-state index >= 15 is 0 Å². The quantitative estimate of drug-likeness (QED) is 0.401. The zero-order valence-corrected chi connectivity index (χ0v) is 19.6. The van der Waals surface area contributed by atoms with Crippen molar-refractivity contribution >= 4 is 33.7 Å². The van der Waals surface area contributed by atoms with Crippen molar-refractivity contribution in [2.24, 2.45) is 12.0 Å². The lowest BCUT2D eigenvalue weighted by Gasteiger charge is -2.14. The number of aliphatic imine (C=N–C) groups is 1. The smallest absolute Gasteiger partial charge is 0.277 e. The maximum Gasteiger partial charge on any atom is 0.277 e. The van der Waals surface area contributed by atoms with Crippen LogP contribution in [0.4, 0.5) is 5.69 Å². The fourth-order valence-electron chi connectivity index (χ4n) is 3.33. The molecule has 0 aliphatic heterocycles. The number of ether oxygens (including phenoxy) is 1. The summed E-state index contributed by atoms with van der Waals surface area (Å²) in [6, 6.07) is 5.78. The first-order valence-corrected chi connectivity index (χ1v) is 11.8. The molecule has 0 radical (unpaired) electrons. The number of aryl methyl sites for hydroxylation is 2. The lowest BCUT2D eigenvalue weighted by molar-refractivity contribution is 0.318. The van der Waals surface area contributed by atoms with Gasteiger partial charge in [-0.1, -0.05) is 32.0 Å². The summed E-state index contributed by atoms with van der Waals surface area (Å²) in [5, 5.41) is 8.66. The second-order valence-electron chi connectivity index (χ2n) is 7.10. The van der Waals surface area contributed by atoms with E-state index in [1.165, 1.54) is 0 Å². The van der Waals surface area contributed by atoms with Gasteiger partial charge in [-0.3, -0.25) is 14.5 Å². The number of H-pyrrole nitrogens is 1. The molecule has 3 rings (SSSR count). The van der Waals surface area contributed by atoms with E-state index in [0.29, 0.717) is 35.8 Å². The predicted molar refractivity (Wildman–Crippen MR) is 129 cm³/mol. The SMILES string of the molecule is CCCOc1ccc(NC(=NCC)SC)cc1-c1nc2c(CCC)nn(C)c2c(=O)[nH]1. The highest BCUT2D eigenvalue weighted by Crippen LogP contribution is 2.32. The van der Waals surface area contributed by atoms with Crippen LogP contribution in [0.2, 0.25) is 0 Å². The van der Waals surface area contributed by atoms with E-state index in [-0.39, 0.29) is 5.56 Å². The number of thioether (sulfide) groups is 1. The molecular weight excluding hydrogens is 412 g/mol. The summed E-state index contributed by atoms with van der Waals surface area (Å²) >= 11 is 1.55. The van der Waals surface area contributed by atoms with Crippen LogP contribution >= 0.6 is 11.8 Å². The van der Waals surface area contributed by atoms with Gasteiger partial charge in [0.25, 0.3) is 5.56 Å². The summed E-state index contributed by atoms with van der Waals surface area (Å²) in [5.41, 5.74) is 3.31. The van der Waals surface area contributed by atoms with Crippen LogP contribution < -0.4 is 15.6 Å². The Morgan fingerprint density at radius 1 is 1.29 bits per heavy atom. The summed E-state index contributed by atoms with van der Waals surface area (Å²) in [5.74, 6) is 1.14. The lowest BCUT2D eigenvalue weighted by Crippen LogP contribution is -2.13. The Balaban J connectivity index is 2.15. The van der Waals surface area contributed by atoms with Crippen molar-refractivity contribution in [3.8, 4) is 17.1 Å². The standard InChI is InChI=1S/C22H30N6O2S/c1-6-9-16-18-19(28(4)27-16)21(29)26-20(25-18)15-13-14(24-22(31-5)23-8-3)10-11-17(15)30-12-7-2/h10-11,13H,6-9,12H2,1-5H3,(H,23,24)(H,25,26,29). The third kappa shape index (κ3) is 5.10. The molecule has 2 heterocycles. The largest absolute Gasteiger partial charge is 0.493 e. The predicted octanol–water partition coefficient (Wildman–Crippen LogP) is 4.22. The Hall–Kier alpha value is -2.81. The molecule has 0 saturated heterocycles. The van der Waals surface area contributed by atoms with Gasteiger partial charge in [0.2, 0.25) is 0 Å². The van der Waals surface area contributed by atoms with Crippen molar-refractivity contribution in [2.75, 3.05) is 24.7 Å². The topological polar surface area (TPSA) is 97.2 Å². The molecule has 0 fully saturated rings. The number of aromatic amines is 1. The van der Waals surface area contributed by atoms with Crippen molar-refractivity contribution < 1.29 is 4.74 Å². The molecular formula is C22H30N6O2S. The summed E-state index contributed by atoms with van der Waals surface area (Å²) in [7, 11) is 1.77. The first kappa shape index (κ1) is 22.9. The van der Waals surface area contributed by atoms with Crippen LogP contribution in [-0.4, -0.2) is 44.3 Å². The van der Waals surface area contributed by atoms with Crippen LogP contribution in [-0.2, 0) is 13.5 Å². The monoisotopic (exact) mass is 442 g/mol. The molecule has 8 nitrogen and oxygen atoms in total. The first-order chi connectivity index (χ1) is 15.0. The van der Waals surface area contributed by atoms with E-state index in [0.717, 1.165) is 41.4 Å². The van der Waals surface area contributed by atoms with Gasteiger partial charge >= 0.3 is 0 Å². The maximum absolute atomic E-state index is 12.9. The molecule has 0 unspecified atom stereocenters. The Kier molecular flexibility index (Phi) is 7.73. The number of hydrogen-bond donors (Lipinski definition) is 2.